The van der Waals surface area contributed by atoms with E-state index in [0.29, 0.717) is 12.1 Å². The van der Waals surface area contributed by atoms with Gasteiger partial charge in [-0.05, 0) is 24.3 Å². The highest BCUT2D eigenvalue weighted by Crippen LogP contribution is 2.32. The van der Waals surface area contributed by atoms with Gasteiger partial charge in [0, 0.05) is 18.8 Å². The first-order valence-electron chi connectivity index (χ1n) is 9.02. The van der Waals surface area contributed by atoms with Crippen molar-refractivity contribution in [2.75, 3.05) is 38.7 Å². The number of amides is 1. The molecule has 2 aromatic rings. The van der Waals surface area contributed by atoms with Crippen LogP contribution in [0, 0.1) is 11.6 Å². The number of benzene rings is 2. The van der Waals surface area contributed by atoms with Gasteiger partial charge < -0.3 is 14.8 Å². The number of sulfonamides is 1. The largest absolute Gasteiger partial charge is 0.465 e. The molecule has 0 atom stereocenters. The Kier molecular flexibility index (Phi) is 7.36. The molecule has 1 fully saturated rings. The number of esters is 1. The van der Waals surface area contributed by atoms with Crippen LogP contribution in [0.15, 0.2) is 29.2 Å². The first kappa shape index (κ1) is 24.3. The summed E-state index contributed by atoms with van der Waals surface area (Å²) in [5.41, 5.74) is -1.55. The van der Waals surface area contributed by atoms with Gasteiger partial charge in [-0.25, -0.2) is 22.0 Å². The van der Waals surface area contributed by atoms with Crippen LogP contribution >= 0.6 is 23.2 Å². The van der Waals surface area contributed by atoms with Gasteiger partial charge in [-0.15, -0.1) is 0 Å². The second kappa shape index (κ2) is 9.67. The molecule has 3 rings (SSSR count). The number of nitrogens with one attached hydrogen (secondary N) is 1. The molecule has 0 saturated carbocycles. The number of hydrogen-bond acceptors (Lipinski definition) is 6. The minimum atomic E-state index is -4.06. The highest BCUT2D eigenvalue weighted by atomic mass is 35.5. The highest BCUT2D eigenvalue weighted by molar-refractivity contribution is 7.89. The number of carbonyl (C=O) groups excluding carboxylic acids is 2. The number of rotatable bonds is 5. The van der Waals surface area contributed by atoms with E-state index < -0.39 is 39.1 Å². The fourth-order valence-corrected chi connectivity index (χ4v) is 5.21. The van der Waals surface area contributed by atoms with Crippen LogP contribution in [0.25, 0.3) is 0 Å². The van der Waals surface area contributed by atoms with Crippen molar-refractivity contribution in [3.05, 3.63) is 57.1 Å². The molecule has 1 heterocycles. The molecule has 1 N–H and O–H groups in total. The second-order valence-corrected chi connectivity index (χ2v) is 9.26. The zero-order valence-corrected chi connectivity index (χ0v) is 18.8. The lowest BCUT2D eigenvalue weighted by molar-refractivity contribution is 0.0590. The quantitative estimate of drug-likeness (QED) is 0.621. The van der Waals surface area contributed by atoms with Gasteiger partial charge >= 0.3 is 5.97 Å². The van der Waals surface area contributed by atoms with Crippen molar-refractivity contribution >= 4 is 50.8 Å². The van der Waals surface area contributed by atoms with Gasteiger partial charge in [0.2, 0.25) is 10.0 Å². The van der Waals surface area contributed by atoms with Gasteiger partial charge in [-0.1, -0.05) is 23.2 Å². The molecule has 0 aliphatic carbocycles. The standard InChI is InChI=1S/C19H16Cl2F2N2O6S/c1-30-19(27)17-14(22)6-10(7-15(17)23)24-18(26)11-8-16(13(21)9-12(11)20)32(28,29)25-2-4-31-5-3-25/h6-9H,2-5H2,1H3,(H,24,26). The van der Waals surface area contributed by atoms with Gasteiger partial charge in [0.1, 0.15) is 22.1 Å². The minimum absolute atomic E-state index is 0.105. The molecule has 1 saturated heterocycles. The summed E-state index contributed by atoms with van der Waals surface area (Å²) in [6.07, 6.45) is 0. The molecular formula is C19H16Cl2F2N2O6S. The second-order valence-electron chi connectivity index (χ2n) is 6.54. The molecule has 1 amide bonds. The monoisotopic (exact) mass is 508 g/mol. The Labute approximate surface area is 192 Å². The average Bonchev–Trinajstić information content (AvgIpc) is 2.73. The lowest BCUT2D eigenvalue weighted by Crippen LogP contribution is -2.40. The van der Waals surface area contributed by atoms with Crippen LogP contribution < -0.4 is 5.32 Å². The molecule has 0 spiro atoms. The van der Waals surface area contributed by atoms with E-state index in [-0.39, 0.29) is 52.5 Å². The maximum absolute atomic E-state index is 14.1. The van der Waals surface area contributed by atoms with E-state index in [4.69, 9.17) is 27.9 Å². The fourth-order valence-electron chi connectivity index (χ4n) is 2.97. The average molecular weight is 509 g/mol. The summed E-state index contributed by atoms with van der Waals surface area (Å²) >= 11 is 12.1. The van der Waals surface area contributed by atoms with Crippen LogP contribution in [0.3, 0.4) is 0 Å². The third kappa shape index (κ3) is 4.86. The number of morpholine rings is 1. The topological polar surface area (TPSA) is 102 Å². The first-order chi connectivity index (χ1) is 15.1. The number of hydrogen-bond donors (Lipinski definition) is 1. The van der Waals surface area contributed by atoms with E-state index in [0.717, 1.165) is 23.5 Å². The van der Waals surface area contributed by atoms with Gasteiger partial charge in [0.25, 0.3) is 5.91 Å². The van der Waals surface area contributed by atoms with E-state index >= 15 is 0 Å². The Hall–Kier alpha value is -2.31. The summed E-state index contributed by atoms with van der Waals surface area (Å²) in [4.78, 5) is 23.8. The van der Waals surface area contributed by atoms with Crippen molar-refractivity contribution in [1.29, 1.82) is 0 Å². The zero-order valence-electron chi connectivity index (χ0n) is 16.5. The third-order valence-electron chi connectivity index (χ3n) is 4.54. The van der Waals surface area contributed by atoms with E-state index in [2.05, 4.69) is 10.1 Å². The van der Waals surface area contributed by atoms with Gasteiger partial charge in [0.05, 0.1) is 35.9 Å². The van der Waals surface area contributed by atoms with Crippen LogP contribution in [0.2, 0.25) is 10.0 Å². The molecule has 2 aromatic carbocycles. The maximum atomic E-state index is 14.1. The van der Waals surface area contributed by atoms with Crippen LogP contribution in [0.4, 0.5) is 14.5 Å². The summed E-state index contributed by atoms with van der Waals surface area (Å²) in [5.74, 6) is -4.69. The Bertz CT molecular complexity index is 1160. The fraction of sp³-hybridized carbons (Fsp3) is 0.263. The van der Waals surface area contributed by atoms with Crippen molar-refractivity contribution in [1.82, 2.24) is 4.31 Å². The summed E-state index contributed by atoms with van der Waals surface area (Å²) in [5, 5.41) is 1.84. The Morgan fingerprint density at radius 2 is 1.66 bits per heavy atom. The van der Waals surface area contributed by atoms with E-state index in [1.54, 1.807) is 0 Å². The molecule has 1 aliphatic rings. The smallest absolute Gasteiger partial charge is 0.343 e. The molecule has 0 radical (unpaired) electrons. The SMILES string of the molecule is COC(=O)c1c(F)cc(NC(=O)c2cc(S(=O)(=O)N3CCOCC3)c(Cl)cc2Cl)cc1F. The summed E-state index contributed by atoms with van der Waals surface area (Å²) < 4.78 is 64.7. The summed E-state index contributed by atoms with van der Waals surface area (Å²) in [7, 11) is -3.10. The van der Waals surface area contributed by atoms with Crippen molar-refractivity contribution in [3.8, 4) is 0 Å². The van der Waals surface area contributed by atoms with E-state index in [1.807, 2.05) is 0 Å². The molecule has 0 bridgehead atoms. The van der Waals surface area contributed by atoms with Crippen LogP contribution in [0.1, 0.15) is 20.7 Å². The highest BCUT2D eigenvalue weighted by Gasteiger charge is 2.30. The summed E-state index contributed by atoms with van der Waals surface area (Å²) in [6.45, 7) is 0.620. The molecular weight excluding hydrogens is 493 g/mol. The molecule has 13 heteroatoms. The number of methoxy groups -OCH3 is 1. The van der Waals surface area contributed by atoms with Gasteiger partial charge in [0.15, 0.2) is 0 Å². The van der Waals surface area contributed by atoms with Gasteiger partial charge in [-0.2, -0.15) is 4.31 Å². The van der Waals surface area contributed by atoms with Crippen molar-refractivity contribution in [2.45, 2.75) is 4.90 Å². The Balaban J connectivity index is 1.94. The van der Waals surface area contributed by atoms with Crippen LogP contribution in [-0.2, 0) is 19.5 Å². The Morgan fingerprint density at radius 3 is 2.22 bits per heavy atom. The number of nitrogens with zero attached hydrogens (tertiary/aromatic N) is 1. The van der Waals surface area contributed by atoms with Crippen LogP contribution in [-0.4, -0.2) is 58.0 Å². The lowest BCUT2D eigenvalue weighted by Gasteiger charge is -2.26. The van der Waals surface area contributed by atoms with Crippen LogP contribution in [0.5, 0.6) is 0 Å². The summed E-state index contributed by atoms with van der Waals surface area (Å²) in [6, 6.07) is 3.50. The molecule has 172 valence electrons. The third-order valence-corrected chi connectivity index (χ3v) is 7.22. The van der Waals surface area contributed by atoms with Crippen molar-refractivity contribution in [3.63, 3.8) is 0 Å². The van der Waals surface area contributed by atoms with Crippen molar-refractivity contribution < 1.29 is 36.3 Å². The van der Waals surface area contributed by atoms with E-state index in [9.17, 15) is 26.8 Å². The van der Waals surface area contributed by atoms with Gasteiger partial charge in [-0.3, -0.25) is 4.79 Å². The zero-order chi connectivity index (χ0) is 23.6. The predicted molar refractivity (Wildman–Crippen MR) is 112 cm³/mol. The number of halogens is 4. The normalized spacial score (nSPS) is 14.8. The lowest BCUT2D eigenvalue weighted by atomic mass is 10.1. The maximum Gasteiger partial charge on any atom is 0.343 e. The minimum Gasteiger partial charge on any atom is -0.465 e. The molecule has 0 aromatic heterocycles. The molecule has 8 nitrogen and oxygen atoms in total. The predicted octanol–water partition coefficient (Wildman–Crippen LogP) is 3.33. The van der Waals surface area contributed by atoms with Crippen molar-refractivity contribution in [2.24, 2.45) is 0 Å². The number of anilines is 1. The molecule has 32 heavy (non-hydrogen) atoms. The number of ether oxygens (including phenoxy) is 2. The molecule has 1 aliphatic heterocycles. The van der Waals surface area contributed by atoms with E-state index in [1.165, 1.54) is 0 Å². The number of carbonyl (C=O) groups is 2. The first-order valence-corrected chi connectivity index (χ1v) is 11.2. The Morgan fingerprint density at radius 1 is 1.06 bits per heavy atom. The molecule has 0 unspecified atom stereocenters.